The van der Waals surface area contributed by atoms with E-state index >= 15 is 0 Å². The normalized spacial score (nSPS) is 11.4. The van der Waals surface area contributed by atoms with Crippen LogP contribution in [0.4, 0.5) is 5.69 Å². The summed E-state index contributed by atoms with van der Waals surface area (Å²) in [5.41, 5.74) is -0.855. The van der Waals surface area contributed by atoms with Crippen LogP contribution in [0.2, 0.25) is 0 Å². The molecule has 2 amide bonds. The maximum atomic E-state index is 12.1. The molecule has 0 unspecified atom stereocenters. The molecule has 0 atom stereocenters. The lowest BCUT2D eigenvalue weighted by molar-refractivity contribution is -0.385. The number of hydrogen-bond donors (Lipinski definition) is 2. The zero-order valence-corrected chi connectivity index (χ0v) is 18.2. The second-order valence-electron chi connectivity index (χ2n) is 8.66. The molecule has 0 aromatic heterocycles. The summed E-state index contributed by atoms with van der Waals surface area (Å²) in [7, 11) is 1.28. The molecule has 0 fully saturated rings. The van der Waals surface area contributed by atoms with Gasteiger partial charge in [-0.15, -0.1) is 0 Å². The largest absolute Gasteiger partial charge is 0.490 e. The van der Waals surface area contributed by atoms with E-state index in [0.29, 0.717) is 0 Å². The molecule has 0 saturated heterocycles. The van der Waals surface area contributed by atoms with Crippen molar-refractivity contribution in [2.75, 3.05) is 20.3 Å². The zero-order chi connectivity index (χ0) is 23.1. The van der Waals surface area contributed by atoms with E-state index in [1.807, 2.05) is 13.8 Å². The minimum atomic E-state index is -0.810. The van der Waals surface area contributed by atoms with Crippen molar-refractivity contribution in [3.05, 3.63) is 33.9 Å². The molecule has 0 spiro atoms. The predicted molar refractivity (Wildman–Crippen MR) is 109 cm³/mol. The van der Waals surface area contributed by atoms with Crippen molar-refractivity contribution in [3.8, 4) is 5.75 Å². The van der Waals surface area contributed by atoms with E-state index in [2.05, 4.69) is 31.4 Å². The van der Waals surface area contributed by atoms with Gasteiger partial charge in [-0.3, -0.25) is 24.5 Å². The summed E-state index contributed by atoms with van der Waals surface area (Å²) < 4.78 is 9.74. The fourth-order valence-electron chi connectivity index (χ4n) is 3.21. The molecule has 166 valence electrons. The number of carbonyl (C=O) groups excluding carboxylic acids is 3. The number of ether oxygens (including phenoxy) is 2. The number of nitrogens with zero attached hydrogens (tertiary/aromatic N) is 1. The van der Waals surface area contributed by atoms with E-state index in [1.54, 1.807) is 0 Å². The Morgan fingerprint density at radius 3 is 2.30 bits per heavy atom. The van der Waals surface area contributed by atoms with Gasteiger partial charge in [-0.25, -0.2) is 0 Å². The van der Waals surface area contributed by atoms with E-state index in [1.165, 1.54) is 19.2 Å². The van der Waals surface area contributed by atoms with Crippen LogP contribution < -0.4 is 15.4 Å². The highest BCUT2D eigenvalue weighted by Crippen LogP contribution is 2.28. The fraction of sp³-hybridized carbons (Fsp3) is 0.550. The third kappa shape index (κ3) is 8.46. The number of esters is 1. The second kappa shape index (κ2) is 10.0. The van der Waals surface area contributed by atoms with Gasteiger partial charge in [-0.1, -0.05) is 20.8 Å². The van der Waals surface area contributed by atoms with Gasteiger partial charge in [0.05, 0.1) is 12.0 Å². The first kappa shape index (κ1) is 24.9. The van der Waals surface area contributed by atoms with Crippen LogP contribution in [-0.2, 0) is 14.3 Å². The molecule has 0 aliphatic carbocycles. The van der Waals surface area contributed by atoms with Gasteiger partial charge in [0.15, 0.2) is 12.4 Å². The Kier molecular flexibility index (Phi) is 8.32. The van der Waals surface area contributed by atoms with E-state index in [0.717, 1.165) is 12.5 Å². The van der Waals surface area contributed by atoms with Crippen LogP contribution in [-0.4, -0.2) is 48.5 Å². The molecule has 0 aliphatic heterocycles. The number of nitro benzene ring substituents is 1. The van der Waals surface area contributed by atoms with Gasteiger partial charge in [-0.05, 0) is 37.8 Å². The lowest BCUT2D eigenvalue weighted by atomic mass is 9.82. The number of hydrogen-bond acceptors (Lipinski definition) is 7. The standard InChI is InChI=1S/C20H29N3O7/c1-19(2,3)12-20(4,5)22-16(24)11-30-17(25)10-21-18(26)13-7-8-15(29-6)14(9-13)23(27)28/h7-9H,10-12H2,1-6H3,(H,21,26)(H,22,24). The summed E-state index contributed by atoms with van der Waals surface area (Å²) >= 11 is 0. The molecule has 0 aliphatic rings. The minimum absolute atomic E-state index is 0.00820. The Morgan fingerprint density at radius 2 is 1.77 bits per heavy atom. The second-order valence-corrected chi connectivity index (χ2v) is 8.66. The number of benzene rings is 1. The van der Waals surface area contributed by atoms with Crippen molar-refractivity contribution >= 4 is 23.5 Å². The number of amides is 2. The predicted octanol–water partition coefficient (Wildman–Crippen LogP) is 2.21. The minimum Gasteiger partial charge on any atom is -0.490 e. The molecular weight excluding hydrogens is 394 g/mol. The lowest BCUT2D eigenvalue weighted by Crippen LogP contribution is -2.47. The van der Waals surface area contributed by atoms with E-state index < -0.39 is 41.4 Å². The molecule has 1 aromatic rings. The Morgan fingerprint density at radius 1 is 1.13 bits per heavy atom. The van der Waals surface area contributed by atoms with E-state index in [4.69, 9.17) is 9.47 Å². The highest BCUT2D eigenvalue weighted by molar-refractivity contribution is 5.97. The van der Waals surface area contributed by atoms with Crippen LogP contribution >= 0.6 is 0 Å². The Hall–Kier alpha value is -3.17. The lowest BCUT2D eigenvalue weighted by Gasteiger charge is -2.33. The number of nitro groups is 1. The third-order valence-electron chi connectivity index (χ3n) is 3.85. The van der Waals surface area contributed by atoms with Gasteiger partial charge in [0.1, 0.15) is 6.54 Å². The van der Waals surface area contributed by atoms with Crippen molar-refractivity contribution in [1.82, 2.24) is 10.6 Å². The van der Waals surface area contributed by atoms with Crippen molar-refractivity contribution in [2.24, 2.45) is 5.41 Å². The molecule has 1 aromatic carbocycles. The highest BCUT2D eigenvalue weighted by Gasteiger charge is 2.27. The monoisotopic (exact) mass is 423 g/mol. The van der Waals surface area contributed by atoms with Crippen molar-refractivity contribution in [2.45, 2.75) is 46.6 Å². The molecule has 10 nitrogen and oxygen atoms in total. The smallest absolute Gasteiger partial charge is 0.325 e. The summed E-state index contributed by atoms with van der Waals surface area (Å²) in [6.07, 6.45) is 0.726. The Balaban J connectivity index is 2.53. The van der Waals surface area contributed by atoms with E-state index in [-0.39, 0.29) is 22.4 Å². The summed E-state index contributed by atoms with van der Waals surface area (Å²) in [6.45, 7) is 8.97. The molecule has 0 bridgehead atoms. The van der Waals surface area contributed by atoms with Gasteiger partial charge < -0.3 is 20.1 Å². The number of rotatable bonds is 9. The van der Waals surface area contributed by atoms with Crippen LogP contribution in [0.3, 0.4) is 0 Å². The summed E-state index contributed by atoms with van der Waals surface area (Å²) in [6, 6.07) is 3.66. The zero-order valence-electron chi connectivity index (χ0n) is 18.2. The topological polar surface area (TPSA) is 137 Å². The average molecular weight is 423 g/mol. The van der Waals surface area contributed by atoms with Crippen molar-refractivity contribution in [1.29, 1.82) is 0 Å². The Labute approximate surface area is 175 Å². The summed E-state index contributed by atoms with van der Waals surface area (Å²) in [4.78, 5) is 46.3. The highest BCUT2D eigenvalue weighted by atomic mass is 16.6. The van der Waals surface area contributed by atoms with Crippen LogP contribution in [0.1, 0.15) is 51.4 Å². The van der Waals surface area contributed by atoms with Gasteiger partial charge in [-0.2, -0.15) is 0 Å². The molecular formula is C20H29N3O7. The molecule has 2 N–H and O–H groups in total. The first-order chi connectivity index (χ1) is 13.7. The molecule has 30 heavy (non-hydrogen) atoms. The first-order valence-electron chi connectivity index (χ1n) is 9.31. The third-order valence-corrected chi connectivity index (χ3v) is 3.85. The van der Waals surface area contributed by atoms with Crippen molar-refractivity contribution in [3.63, 3.8) is 0 Å². The van der Waals surface area contributed by atoms with Gasteiger partial charge >= 0.3 is 11.7 Å². The van der Waals surface area contributed by atoms with Crippen LogP contribution in [0.15, 0.2) is 18.2 Å². The molecule has 10 heteroatoms. The molecule has 0 saturated carbocycles. The fourth-order valence-corrected chi connectivity index (χ4v) is 3.21. The van der Waals surface area contributed by atoms with Crippen LogP contribution in [0, 0.1) is 15.5 Å². The number of carbonyl (C=O) groups is 3. The molecule has 0 heterocycles. The van der Waals surface area contributed by atoms with Crippen molar-refractivity contribution < 1.29 is 28.8 Å². The first-order valence-corrected chi connectivity index (χ1v) is 9.31. The Bertz CT molecular complexity index is 813. The number of nitrogens with one attached hydrogen (secondary N) is 2. The number of methoxy groups -OCH3 is 1. The maximum absolute atomic E-state index is 12.1. The molecule has 1 rings (SSSR count). The average Bonchev–Trinajstić information content (AvgIpc) is 2.61. The van der Waals surface area contributed by atoms with Gasteiger partial charge in [0, 0.05) is 17.2 Å². The van der Waals surface area contributed by atoms with Crippen LogP contribution in [0.5, 0.6) is 5.75 Å². The summed E-state index contributed by atoms with van der Waals surface area (Å²) in [5, 5.41) is 16.1. The van der Waals surface area contributed by atoms with Gasteiger partial charge in [0.2, 0.25) is 0 Å². The van der Waals surface area contributed by atoms with Gasteiger partial charge in [0.25, 0.3) is 11.8 Å². The van der Waals surface area contributed by atoms with Crippen LogP contribution in [0.25, 0.3) is 0 Å². The maximum Gasteiger partial charge on any atom is 0.325 e. The van der Waals surface area contributed by atoms with E-state index in [9.17, 15) is 24.5 Å². The molecule has 0 radical (unpaired) electrons. The quantitative estimate of drug-likeness (QED) is 0.353. The summed E-state index contributed by atoms with van der Waals surface area (Å²) in [5.74, 6) is -1.95. The SMILES string of the molecule is COc1ccc(C(=O)NCC(=O)OCC(=O)NC(C)(C)CC(C)(C)C)cc1[N+](=O)[O-].